The first-order chi connectivity index (χ1) is 18.2. The fourth-order valence-electron chi connectivity index (χ4n) is 5.80. The van der Waals surface area contributed by atoms with Crippen molar-refractivity contribution in [2.45, 2.75) is 51.4 Å². The van der Waals surface area contributed by atoms with Gasteiger partial charge in [-0.25, -0.2) is 0 Å². The van der Waals surface area contributed by atoms with Crippen molar-refractivity contribution in [3.8, 4) is 11.5 Å². The van der Waals surface area contributed by atoms with Gasteiger partial charge in [0.1, 0.15) is 0 Å². The van der Waals surface area contributed by atoms with Gasteiger partial charge in [0.2, 0.25) is 0 Å². The van der Waals surface area contributed by atoms with Crippen LogP contribution in [0.2, 0.25) is 0 Å². The van der Waals surface area contributed by atoms with E-state index in [1.807, 2.05) is 11.0 Å². The summed E-state index contributed by atoms with van der Waals surface area (Å²) in [5, 5.41) is 8.86. The fourth-order valence-corrected chi connectivity index (χ4v) is 5.80. The highest BCUT2D eigenvalue weighted by atomic mass is 16.5. The highest BCUT2D eigenvalue weighted by Crippen LogP contribution is 2.32. The van der Waals surface area contributed by atoms with E-state index in [-0.39, 0.29) is 5.91 Å². The summed E-state index contributed by atoms with van der Waals surface area (Å²) in [6, 6.07) is 14.6. The SMILES string of the molecule is COc1ccc2cc1OCCCCN(C(=O)c1n[nH]c3c1CCCC3)CCc1c([nH]c3ccccc13)C2. The third-order valence-electron chi connectivity index (χ3n) is 7.77. The van der Waals surface area contributed by atoms with Crippen LogP contribution in [0.5, 0.6) is 11.5 Å². The first-order valence-corrected chi connectivity index (χ1v) is 13.4. The third kappa shape index (κ3) is 4.70. The zero-order valence-corrected chi connectivity index (χ0v) is 21.4. The van der Waals surface area contributed by atoms with E-state index in [4.69, 9.17) is 9.47 Å². The molecule has 2 aliphatic rings. The van der Waals surface area contributed by atoms with Crippen LogP contribution in [0.4, 0.5) is 0 Å². The molecule has 37 heavy (non-hydrogen) atoms. The number of carbonyl (C=O) groups excluding carboxylic acids is 1. The highest BCUT2D eigenvalue weighted by molar-refractivity contribution is 5.94. The molecule has 0 saturated carbocycles. The Hall–Kier alpha value is -3.74. The number of aromatic amines is 2. The minimum absolute atomic E-state index is 0.0423. The molecule has 192 valence electrons. The van der Waals surface area contributed by atoms with Crippen LogP contribution in [0.3, 0.4) is 0 Å². The standard InChI is InChI=1S/C30H34N4O3/c1-36-27-13-12-20-18-26-22(21-8-2-4-10-24(21)31-26)14-16-34(15-6-7-17-37-28(27)19-20)30(35)29-23-9-3-5-11-25(23)32-33-29/h2,4,8,10,12-13,19,31H,3,5-7,9,11,14-18H2,1H3,(H,32,33). The number of fused-ring (bicyclic) bond motifs is 6. The number of nitrogens with zero attached hydrogens (tertiary/aromatic N) is 2. The summed E-state index contributed by atoms with van der Waals surface area (Å²) in [6.07, 6.45) is 7.45. The Kier molecular flexibility index (Phi) is 6.60. The topological polar surface area (TPSA) is 83.2 Å². The number of amides is 1. The molecule has 2 aromatic heterocycles. The number of carbonyl (C=O) groups is 1. The Labute approximate surface area is 217 Å². The first kappa shape index (κ1) is 23.6. The number of para-hydroxylation sites is 1. The number of ether oxygens (including phenoxy) is 2. The van der Waals surface area contributed by atoms with Gasteiger partial charge in [-0.1, -0.05) is 24.3 Å². The van der Waals surface area contributed by atoms with Gasteiger partial charge >= 0.3 is 0 Å². The van der Waals surface area contributed by atoms with Crippen LogP contribution in [-0.2, 0) is 25.7 Å². The molecule has 2 aromatic carbocycles. The van der Waals surface area contributed by atoms with E-state index >= 15 is 0 Å². The predicted molar refractivity (Wildman–Crippen MR) is 144 cm³/mol. The monoisotopic (exact) mass is 498 g/mol. The second-order valence-electron chi connectivity index (χ2n) is 10.1. The van der Waals surface area contributed by atoms with Gasteiger partial charge in [0.15, 0.2) is 17.2 Å². The maximum absolute atomic E-state index is 13.8. The lowest BCUT2D eigenvalue weighted by molar-refractivity contribution is 0.0745. The lowest BCUT2D eigenvalue weighted by Gasteiger charge is -2.24. The Morgan fingerprint density at radius 2 is 1.86 bits per heavy atom. The second-order valence-corrected chi connectivity index (χ2v) is 10.1. The smallest absolute Gasteiger partial charge is 0.274 e. The molecule has 1 aliphatic carbocycles. The van der Waals surface area contributed by atoms with Crippen LogP contribution in [0.1, 0.15) is 64.2 Å². The molecule has 0 fully saturated rings. The van der Waals surface area contributed by atoms with Gasteiger partial charge in [-0.05, 0) is 74.3 Å². The Morgan fingerprint density at radius 1 is 0.973 bits per heavy atom. The molecule has 1 amide bonds. The second kappa shape index (κ2) is 10.3. The van der Waals surface area contributed by atoms with Gasteiger partial charge in [-0.2, -0.15) is 5.10 Å². The van der Waals surface area contributed by atoms with Gasteiger partial charge in [-0.15, -0.1) is 0 Å². The Bertz CT molecular complexity index is 1420. The highest BCUT2D eigenvalue weighted by Gasteiger charge is 2.26. The number of hydrogen-bond acceptors (Lipinski definition) is 4. The van der Waals surface area contributed by atoms with Crippen molar-refractivity contribution in [3.63, 3.8) is 0 Å². The number of nitrogens with one attached hydrogen (secondary N) is 2. The molecule has 7 heteroatoms. The van der Waals surface area contributed by atoms with Gasteiger partial charge in [0, 0.05) is 47.4 Å². The van der Waals surface area contributed by atoms with Crippen LogP contribution in [0.25, 0.3) is 10.9 Å². The average molecular weight is 499 g/mol. The summed E-state index contributed by atoms with van der Waals surface area (Å²) in [7, 11) is 1.67. The summed E-state index contributed by atoms with van der Waals surface area (Å²) >= 11 is 0. The molecular weight excluding hydrogens is 464 g/mol. The van der Waals surface area contributed by atoms with Crippen molar-refractivity contribution in [1.82, 2.24) is 20.1 Å². The number of H-pyrrole nitrogens is 2. The minimum atomic E-state index is 0.0423. The molecule has 0 atom stereocenters. The van der Waals surface area contributed by atoms with Crippen LogP contribution in [0, 0.1) is 0 Å². The predicted octanol–water partition coefficient (Wildman–Crippen LogP) is 5.23. The van der Waals surface area contributed by atoms with E-state index in [9.17, 15) is 4.79 Å². The molecule has 2 N–H and O–H groups in total. The lowest BCUT2D eigenvalue weighted by Crippen LogP contribution is -2.35. The first-order valence-electron chi connectivity index (χ1n) is 13.4. The molecule has 0 unspecified atom stereocenters. The molecule has 0 saturated heterocycles. The maximum atomic E-state index is 13.8. The van der Waals surface area contributed by atoms with Gasteiger partial charge in [-0.3, -0.25) is 9.89 Å². The quantitative estimate of drug-likeness (QED) is 0.397. The molecule has 0 spiro atoms. The van der Waals surface area contributed by atoms with E-state index in [0.29, 0.717) is 25.4 Å². The van der Waals surface area contributed by atoms with E-state index in [1.54, 1.807) is 7.11 Å². The number of methoxy groups -OCH3 is 1. The molecule has 7 nitrogen and oxygen atoms in total. The normalized spacial score (nSPS) is 16.4. The molecular formula is C30H34N4O3. The van der Waals surface area contributed by atoms with Gasteiger partial charge in [0.25, 0.3) is 5.91 Å². The molecule has 3 heterocycles. The van der Waals surface area contributed by atoms with E-state index in [1.165, 1.54) is 16.6 Å². The number of aryl methyl sites for hydroxylation is 1. The van der Waals surface area contributed by atoms with Gasteiger partial charge < -0.3 is 19.4 Å². The summed E-state index contributed by atoms with van der Waals surface area (Å²) in [5.41, 5.74) is 7.62. The third-order valence-corrected chi connectivity index (χ3v) is 7.77. The van der Waals surface area contributed by atoms with E-state index in [2.05, 4.69) is 51.6 Å². The summed E-state index contributed by atoms with van der Waals surface area (Å²) in [4.78, 5) is 19.4. The summed E-state index contributed by atoms with van der Waals surface area (Å²) in [5.74, 6) is 1.55. The van der Waals surface area contributed by atoms with Crippen molar-refractivity contribution < 1.29 is 14.3 Å². The maximum Gasteiger partial charge on any atom is 0.274 e. The Morgan fingerprint density at radius 3 is 2.78 bits per heavy atom. The van der Waals surface area contributed by atoms with Crippen molar-refractivity contribution in [3.05, 3.63) is 76.2 Å². The van der Waals surface area contributed by atoms with Crippen molar-refractivity contribution in [2.24, 2.45) is 0 Å². The van der Waals surface area contributed by atoms with Crippen LogP contribution in [0.15, 0.2) is 42.5 Å². The van der Waals surface area contributed by atoms with Gasteiger partial charge in [0.05, 0.1) is 13.7 Å². The average Bonchev–Trinajstić information content (AvgIpc) is 3.51. The zero-order chi connectivity index (χ0) is 25.2. The Balaban J connectivity index is 1.35. The molecule has 1 aliphatic heterocycles. The largest absolute Gasteiger partial charge is 0.493 e. The van der Waals surface area contributed by atoms with Crippen LogP contribution < -0.4 is 9.47 Å². The van der Waals surface area contributed by atoms with Crippen LogP contribution >= 0.6 is 0 Å². The number of aromatic nitrogens is 3. The molecule has 6 rings (SSSR count). The number of hydrogen-bond donors (Lipinski definition) is 2. The van der Waals surface area contributed by atoms with E-state index in [0.717, 1.165) is 85.2 Å². The number of benzene rings is 2. The van der Waals surface area contributed by atoms with Crippen molar-refractivity contribution in [1.29, 1.82) is 0 Å². The summed E-state index contributed by atoms with van der Waals surface area (Å²) in [6.45, 7) is 1.92. The number of rotatable bonds is 2. The zero-order valence-electron chi connectivity index (χ0n) is 21.4. The van der Waals surface area contributed by atoms with Crippen LogP contribution in [-0.4, -0.2) is 52.8 Å². The van der Waals surface area contributed by atoms with Crippen molar-refractivity contribution in [2.75, 3.05) is 26.8 Å². The molecule has 0 radical (unpaired) electrons. The van der Waals surface area contributed by atoms with Crippen molar-refractivity contribution >= 4 is 16.8 Å². The molecule has 2 bridgehead atoms. The lowest BCUT2D eigenvalue weighted by atomic mass is 9.95. The summed E-state index contributed by atoms with van der Waals surface area (Å²) < 4.78 is 11.7. The fraction of sp³-hybridized carbons (Fsp3) is 0.400. The van der Waals surface area contributed by atoms with E-state index < -0.39 is 0 Å². The minimum Gasteiger partial charge on any atom is -0.493 e. The molecule has 4 aromatic rings.